The maximum atomic E-state index is 12.4. The average molecular weight is 385 g/mol. The molecule has 2 unspecified atom stereocenters. The van der Waals surface area contributed by atoms with Gasteiger partial charge in [0.15, 0.2) is 0 Å². The van der Waals surface area contributed by atoms with Crippen molar-refractivity contribution in [2.45, 2.75) is 63.8 Å². The predicted molar refractivity (Wildman–Crippen MR) is 93.9 cm³/mol. The van der Waals surface area contributed by atoms with Crippen molar-refractivity contribution in [2.24, 2.45) is 0 Å². The number of rotatable bonds is 8. The number of carboxylic acids is 1. The summed E-state index contributed by atoms with van der Waals surface area (Å²) in [7, 11) is 0. The molecule has 1 rings (SSSR count). The van der Waals surface area contributed by atoms with Crippen molar-refractivity contribution in [3.05, 3.63) is 34.9 Å². The fourth-order valence-corrected chi connectivity index (χ4v) is 2.70. The molecular formula is C18H25BrO4. The van der Waals surface area contributed by atoms with Crippen LogP contribution >= 0.6 is 15.9 Å². The lowest BCUT2D eigenvalue weighted by Gasteiger charge is -2.24. The lowest BCUT2D eigenvalue weighted by atomic mass is 9.92. The Kier molecular flexibility index (Phi) is 7.26. The molecule has 2 atom stereocenters. The lowest BCUT2D eigenvalue weighted by molar-refractivity contribution is -0.159. The molecular weight excluding hydrogens is 360 g/mol. The molecule has 0 aromatic heterocycles. The van der Waals surface area contributed by atoms with E-state index in [-0.39, 0.29) is 6.10 Å². The van der Waals surface area contributed by atoms with E-state index in [1.54, 1.807) is 13.0 Å². The van der Waals surface area contributed by atoms with E-state index >= 15 is 0 Å². The number of ether oxygens (including phenoxy) is 1. The summed E-state index contributed by atoms with van der Waals surface area (Å²) in [5, 5.41) is 9.64. The first-order chi connectivity index (χ1) is 10.8. The number of alkyl halides is 1. The maximum Gasteiger partial charge on any atom is 0.339 e. The molecule has 23 heavy (non-hydrogen) atoms. The fraction of sp³-hybridized carbons (Fsp3) is 0.556. The standard InChI is InChI=1S/C18H25BrO4/c1-5-8-14-11-15(10-9-13(14)7-3)18(19,16(20)21)17(22)23-12(4)6-2/h9-12H,5-8H2,1-4H3,(H,20,21). The Morgan fingerprint density at radius 3 is 2.39 bits per heavy atom. The molecule has 1 N–H and O–H groups in total. The lowest BCUT2D eigenvalue weighted by Crippen LogP contribution is -2.40. The van der Waals surface area contributed by atoms with Crippen molar-refractivity contribution in [3.63, 3.8) is 0 Å². The Morgan fingerprint density at radius 1 is 1.26 bits per heavy atom. The maximum absolute atomic E-state index is 12.4. The van der Waals surface area contributed by atoms with Crippen LogP contribution in [-0.2, 0) is 31.5 Å². The summed E-state index contributed by atoms with van der Waals surface area (Å²) in [5.41, 5.74) is 2.65. The van der Waals surface area contributed by atoms with Gasteiger partial charge >= 0.3 is 11.9 Å². The summed E-state index contributed by atoms with van der Waals surface area (Å²) >= 11 is 3.14. The second-order valence-corrected chi connectivity index (χ2v) is 6.86. The van der Waals surface area contributed by atoms with Crippen LogP contribution in [-0.4, -0.2) is 23.1 Å². The number of aliphatic carboxylic acids is 1. The van der Waals surface area contributed by atoms with Gasteiger partial charge in [0.2, 0.25) is 4.32 Å². The Labute approximate surface area is 146 Å². The van der Waals surface area contributed by atoms with Crippen LogP contribution in [0, 0.1) is 0 Å². The fourth-order valence-electron chi connectivity index (χ4n) is 2.36. The van der Waals surface area contributed by atoms with Gasteiger partial charge in [-0.2, -0.15) is 0 Å². The second kappa shape index (κ2) is 8.48. The Morgan fingerprint density at radius 2 is 1.91 bits per heavy atom. The van der Waals surface area contributed by atoms with Crippen LogP contribution in [0.15, 0.2) is 18.2 Å². The van der Waals surface area contributed by atoms with Gasteiger partial charge in [-0.15, -0.1) is 0 Å². The molecule has 0 aliphatic carbocycles. The minimum absolute atomic E-state index is 0.330. The number of carbonyl (C=O) groups excluding carboxylic acids is 1. The summed E-state index contributed by atoms with van der Waals surface area (Å²) < 4.78 is 3.40. The van der Waals surface area contributed by atoms with E-state index in [4.69, 9.17) is 4.74 Å². The molecule has 5 heteroatoms. The Balaban J connectivity index is 3.31. The molecule has 0 spiro atoms. The van der Waals surface area contributed by atoms with E-state index in [9.17, 15) is 14.7 Å². The van der Waals surface area contributed by atoms with Crippen molar-refractivity contribution in [3.8, 4) is 0 Å². The van der Waals surface area contributed by atoms with Gasteiger partial charge in [0.25, 0.3) is 0 Å². The van der Waals surface area contributed by atoms with Crippen molar-refractivity contribution in [1.29, 1.82) is 0 Å². The third-order valence-corrected chi connectivity index (χ3v) is 5.08. The molecule has 0 heterocycles. The zero-order valence-corrected chi connectivity index (χ0v) is 15.8. The van der Waals surface area contributed by atoms with Crippen LogP contribution in [0.1, 0.15) is 57.2 Å². The number of carboxylic acid groups (broad SMARTS) is 1. The minimum Gasteiger partial charge on any atom is -0.480 e. The second-order valence-electron chi connectivity index (χ2n) is 5.67. The first-order valence-electron chi connectivity index (χ1n) is 8.06. The smallest absolute Gasteiger partial charge is 0.339 e. The van der Waals surface area contributed by atoms with Crippen LogP contribution in [0.2, 0.25) is 0 Å². The quantitative estimate of drug-likeness (QED) is 0.414. The highest BCUT2D eigenvalue weighted by molar-refractivity contribution is 9.10. The van der Waals surface area contributed by atoms with Crippen molar-refractivity contribution < 1.29 is 19.4 Å². The molecule has 0 radical (unpaired) electrons. The summed E-state index contributed by atoms with van der Waals surface area (Å²) in [6, 6.07) is 5.40. The molecule has 0 bridgehead atoms. The highest BCUT2D eigenvalue weighted by Gasteiger charge is 2.48. The van der Waals surface area contributed by atoms with E-state index < -0.39 is 16.3 Å². The Bertz CT molecular complexity index is 570. The van der Waals surface area contributed by atoms with Gasteiger partial charge in [-0.1, -0.05) is 61.3 Å². The van der Waals surface area contributed by atoms with Crippen molar-refractivity contribution >= 4 is 27.9 Å². The van der Waals surface area contributed by atoms with E-state index in [0.29, 0.717) is 12.0 Å². The molecule has 0 saturated heterocycles. The molecule has 0 saturated carbocycles. The summed E-state index contributed by atoms with van der Waals surface area (Å²) in [4.78, 5) is 24.3. The third-order valence-electron chi connectivity index (χ3n) is 3.96. The van der Waals surface area contributed by atoms with E-state index in [0.717, 1.165) is 24.8 Å². The molecule has 0 aliphatic rings. The number of carbonyl (C=O) groups is 2. The van der Waals surface area contributed by atoms with Gasteiger partial charge < -0.3 is 9.84 Å². The van der Waals surface area contributed by atoms with Crippen LogP contribution in [0.3, 0.4) is 0 Å². The summed E-state index contributed by atoms with van der Waals surface area (Å²) in [5.74, 6) is -2.05. The Hall–Kier alpha value is -1.36. The molecule has 1 aromatic carbocycles. The number of halogens is 1. The van der Waals surface area contributed by atoms with Gasteiger partial charge in [-0.3, -0.25) is 0 Å². The van der Waals surface area contributed by atoms with Gasteiger partial charge in [0, 0.05) is 0 Å². The average Bonchev–Trinajstić information content (AvgIpc) is 2.53. The van der Waals surface area contributed by atoms with E-state index in [1.807, 2.05) is 19.1 Å². The van der Waals surface area contributed by atoms with Gasteiger partial charge in [0.1, 0.15) is 0 Å². The van der Waals surface area contributed by atoms with E-state index in [2.05, 4.69) is 29.8 Å². The molecule has 1 aromatic rings. The SMILES string of the molecule is CCCc1cc(C(Br)(C(=O)O)C(=O)OC(C)CC)ccc1CC. The largest absolute Gasteiger partial charge is 0.480 e. The number of hydrogen-bond donors (Lipinski definition) is 1. The molecule has 0 fully saturated rings. The zero-order chi connectivity index (χ0) is 17.6. The van der Waals surface area contributed by atoms with Crippen LogP contribution < -0.4 is 0 Å². The summed E-state index contributed by atoms with van der Waals surface area (Å²) in [6.07, 6.45) is 2.97. The highest BCUT2D eigenvalue weighted by atomic mass is 79.9. The van der Waals surface area contributed by atoms with Gasteiger partial charge in [-0.05, 0) is 42.9 Å². The molecule has 0 amide bonds. The number of esters is 1. The van der Waals surface area contributed by atoms with Crippen LogP contribution in [0.4, 0.5) is 0 Å². The minimum atomic E-state index is -1.87. The van der Waals surface area contributed by atoms with Crippen molar-refractivity contribution in [1.82, 2.24) is 0 Å². The van der Waals surface area contributed by atoms with Gasteiger partial charge in [0.05, 0.1) is 6.10 Å². The first-order valence-corrected chi connectivity index (χ1v) is 8.86. The molecule has 4 nitrogen and oxygen atoms in total. The molecule has 128 valence electrons. The topological polar surface area (TPSA) is 63.6 Å². The van der Waals surface area contributed by atoms with Crippen molar-refractivity contribution in [2.75, 3.05) is 0 Å². The molecule has 0 aliphatic heterocycles. The zero-order valence-electron chi connectivity index (χ0n) is 14.2. The van der Waals surface area contributed by atoms with Crippen LogP contribution in [0.25, 0.3) is 0 Å². The normalized spacial score (nSPS) is 14.8. The van der Waals surface area contributed by atoms with Gasteiger partial charge in [-0.25, -0.2) is 9.59 Å². The van der Waals surface area contributed by atoms with E-state index in [1.165, 1.54) is 5.56 Å². The highest BCUT2D eigenvalue weighted by Crippen LogP contribution is 2.35. The first kappa shape index (κ1) is 19.7. The van der Waals surface area contributed by atoms with Crippen LogP contribution in [0.5, 0.6) is 0 Å². The summed E-state index contributed by atoms with van der Waals surface area (Å²) in [6.45, 7) is 7.76. The monoisotopic (exact) mass is 384 g/mol. The number of aryl methyl sites for hydroxylation is 2. The number of benzene rings is 1. The third kappa shape index (κ3) is 4.34. The number of hydrogen-bond acceptors (Lipinski definition) is 3. The predicted octanol–water partition coefficient (Wildman–Crippen LogP) is 4.22.